The Labute approximate surface area is 111 Å². The van der Waals surface area contributed by atoms with E-state index in [2.05, 4.69) is 0 Å². The number of hydrogen-bond acceptors (Lipinski definition) is 2. The first-order valence-corrected chi connectivity index (χ1v) is 6.08. The predicted molar refractivity (Wildman–Crippen MR) is 67.2 cm³/mol. The van der Waals surface area contributed by atoms with Crippen LogP contribution in [0, 0.1) is 15.3 Å². The summed E-state index contributed by atoms with van der Waals surface area (Å²) in [5.74, 6) is -2.88. The number of rotatable bonds is 2. The van der Waals surface area contributed by atoms with Gasteiger partial charge in [0.05, 0.1) is 5.69 Å². The summed E-state index contributed by atoms with van der Waals surface area (Å²) in [5.41, 5.74) is 0.570. The van der Waals surface area contributed by atoms with Crippen LogP contribution in [0.25, 0.3) is 0 Å². The zero-order valence-electron chi connectivity index (χ0n) is 8.69. The second kappa shape index (κ2) is 4.59. The summed E-state index contributed by atoms with van der Waals surface area (Å²) in [6, 6.07) is 4.08. The monoisotopic (exact) mass is 349 g/mol. The van der Waals surface area contributed by atoms with E-state index in [-0.39, 0.29) is 5.82 Å². The minimum absolute atomic E-state index is 0.293. The molecular weight excluding hydrogens is 340 g/mol. The van der Waals surface area contributed by atoms with Crippen molar-refractivity contribution in [2.24, 2.45) is 5.92 Å². The first kappa shape index (κ1) is 12.3. The molecule has 0 spiro atoms. The highest BCUT2D eigenvalue weighted by molar-refractivity contribution is 14.1. The van der Waals surface area contributed by atoms with Gasteiger partial charge in [-0.15, -0.1) is 0 Å². The number of aliphatic carboxylic acids is 1. The fourth-order valence-electron chi connectivity index (χ4n) is 1.85. The largest absolute Gasteiger partial charge is 0.481 e. The Morgan fingerprint density at radius 2 is 2.24 bits per heavy atom. The summed E-state index contributed by atoms with van der Waals surface area (Å²) in [6.45, 7) is 0.359. The highest BCUT2D eigenvalue weighted by Gasteiger charge is 2.38. The van der Waals surface area contributed by atoms with Crippen molar-refractivity contribution < 1.29 is 19.1 Å². The molecule has 1 aliphatic rings. The minimum Gasteiger partial charge on any atom is -0.481 e. The number of anilines is 1. The molecule has 1 aliphatic heterocycles. The molecule has 0 bridgehead atoms. The average Bonchev–Trinajstić information content (AvgIpc) is 2.60. The molecule has 4 nitrogen and oxygen atoms in total. The lowest BCUT2D eigenvalue weighted by Gasteiger charge is -2.17. The van der Waals surface area contributed by atoms with Gasteiger partial charge in [-0.2, -0.15) is 0 Å². The number of carbonyl (C=O) groups excluding carboxylic acids is 1. The Morgan fingerprint density at radius 1 is 1.53 bits per heavy atom. The zero-order chi connectivity index (χ0) is 12.6. The second-order valence-corrected chi connectivity index (χ2v) is 4.93. The van der Waals surface area contributed by atoms with Crippen LogP contribution in [-0.4, -0.2) is 23.5 Å². The Morgan fingerprint density at radius 3 is 2.76 bits per heavy atom. The van der Waals surface area contributed by atoms with Gasteiger partial charge in [0.15, 0.2) is 0 Å². The summed E-state index contributed by atoms with van der Waals surface area (Å²) in [7, 11) is 0. The molecule has 1 saturated heterocycles. The third-order valence-corrected chi connectivity index (χ3v) is 3.57. The molecular formula is C11H9FINO3. The first-order valence-electron chi connectivity index (χ1n) is 5.00. The molecule has 1 unspecified atom stereocenters. The molecule has 90 valence electrons. The molecule has 1 amide bonds. The highest BCUT2D eigenvalue weighted by atomic mass is 127. The van der Waals surface area contributed by atoms with Crippen molar-refractivity contribution in [2.45, 2.75) is 6.42 Å². The summed E-state index contributed by atoms with van der Waals surface area (Å²) < 4.78 is 13.5. The molecule has 0 aromatic heterocycles. The van der Waals surface area contributed by atoms with Crippen LogP contribution >= 0.6 is 22.6 Å². The van der Waals surface area contributed by atoms with Crippen molar-refractivity contribution in [2.75, 3.05) is 11.4 Å². The minimum atomic E-state index is -1.10. The lowest BCUT2D eigenvalue weighted by Crippen LogP contribution is -2.30. The van der Waals surface area contributed by atoms with Gasteiger partial charge in [-0.3, -0.25) is 9.59 Å². The number of nitrogens with zero attached hydrogens (tertiary/aromatic N) is 1. The SMILES string of the molecule is O=C(O)C1CCN(c2ccc(F)cc2I)C1=O. The number of amides is 1. The predicted octanol–water partition coefficient (Wildman–Crippen LogP) is 1.87. The van der Waals surface area contributed by atoms with Gasteiger partial charge < -0.3 is 10.0 Å². The van der Waals surface area contributed by atoms with Crippen molar-refractivity contribution in [1.29, 1.82) is 0 Å². The summed E-state index contributed by atoms with van der Waals surface area (Å²) in [5, 5.41) is 8.85. The molecule has 6 heteroatoms. The van der Waals surface area contributed by atoms with Crippen molar-refractivity contribution in [1.82, 2.24) is 0 Å². The average molecular weight is 349 g/mol. The van der Waals surface area contributed by atoms with Crippen molar-refractivity contribution in [3.8, 4) is 0 Å². The van der Waals surface area contributed by atoms with Crippen LogP contribution in [-0.2, 0) is 9.59 Å². The van der Waals surface area contributed by atoms with Crippen LogP contribution in [0.2, 0.25) is 0 Å². The van der Waals surface area contributed by atoms with Crippen LogP contribution in [0.5, 0.6) is 0 Å². The highest BCUT2D eigenvalue weighted by Crippen LogP contribution is 2.29. The molecule has 1 fully saturated rings. The van der Waals surface area contributed by atoms with Gasteiger partial charge in [-0.25, -0.2) is 4.39 Å². The maximum absolute atomic E-state index is 12.9. The number of carbonyl (C=O) groups is 2. The molecule has 1 N–H and O–H groups in total. The fraction of sp³-hybridized carbons (Fsp3) is 0.273. The molecule has 1 heterocycles. The van der Waals surface area contributed by atoms with Crippen molar-refractivity contribution in [3.63, 3.8) is 0 Å². The Hall–Kier alpha value is -1.18. The normalized spacial score (nSPS) is 19.8. The molecule has 1 atom stereocenters. The Balaban J connectivity index is 2.30. The topological polar surface area (TPSA) is 57.6 Å². The van der Waals surface area contributed by atoms with Crippen molar-refractivity contribution in [3.05, 3.63) is 27.6 Å². The van der Waals surface area contributed by atoms with Gasteiger partial charge in [0, 0.05) is 10.1 Å². The van der Waals surface area contributed by atoms with E-state index >= 15 is 0 Å². The van der Waals surface area contributed by atoms with Crippen LogP contribution < -0.4 is 4.90 Å². The smallest absolute Gasteiger partial charge is 0.316 e. The Kier molecular flexibility index (Phi) is 3.32. The quantitative estimate of drug-likeness (QED) is 0.655. The van der Waals surface area contributed by atoms with E-state index in [0.29, 0.717) is 22.2 Å². The molecule has 0 saturated carbocycles. The fourth-order valence-corrected chi connectivity index (χ4v) is 2.62. The number of carboxylic acid groups (broad SMARTS) is 1. The van der Waals surface area contributed by atoms with Gasteiger partial charge in [0.25, 0.3) is 0 Å². The van der Waals surface area contributed by atoms with E-state index in [0.717, 1.165) is 0 Å². The van der Waals surface area contributed by atoms with Gasteiger partial charge in [0.2, 0.25) is 5.91 Å². The molecule has 2 rings (SSSR count). The molecule has 0 radical (unpaired) electrons. The maximum Gasteiger partial charge on any atom is 0.316 e. The van der Waals surface area contributed by atoms with Crippen LogP contribution in [0.15, 0.2) is 18.2 Å². The second-order valence-electron chi connectivity index (χ2n) is 3.77. The van der Waals surface area contributed by atoms with Gasteiger partial charge >= 0.3 is 5.97 Å². The first-order chi connectivity index (χ1) is 8.00. The number of hydrogen-bond donors (Lipinski definition) is 1. The van der Waals surface area contributed by atoms with E-state index in [4.69, 9.17) is 5.11 Å². The molecule has 1 aromatic carbocycles. The number of halogens is 2. The van der Waals surface area contributed by atoms with E-state index in [9.17, 15) is 14.0 Å². The molecule has 1 aromatic rings. The summed E-state index contributed by atoms with van der Waals surface area (Å²) >= 11 is 1.93. The van der Waals surface area contributed by atoms with Gasteiger partial charge in [-0.1, -0.05) is 0 Å². The molecule has 0 aliphatic carbocycles. The number of benzene rings is 1. The maximum atomic E-state index is 12.9. The number of carboxylic acids is 1. The molecule has 17 heavy (non-hydrogen) atoms. The van der Waals surface area contributed by atoms with E-state index in [1.54, 1.807) is 0 Å². The van der Waals surface area contributed by atoms with Crippen LogP contribution in [0.3, 0.4) is 0 Å². The zero-order valence-corrected chi connectivity index (χ0v) is 10.8. The summed E-state index contributed by atoms with van der Waals surface area (Å²) in [4.78, 5) is 24.1. The van der Waals surface area contributed by atoms with E-state index in [1.165, 1.54) is 23.1 Å². The third-order valence-electron chi connectivity index (χ3n) is 2.70. The summed E-state index contributed by atoms with van der Waals surface area (Å²) in [6.07, 6.45) is 0.293. The standard InChI is InChI=1S/C11H9FINO3/c12-6-1-2-9(8(13)5-6)14-4-3-7(10(14)15)11(16)17/h1-2,5,7H,3-4H2,(H,16,17). The van der Waals surface area contributed by atoms with E-state index < -0.39 is 17.8 Å². The van der Waals surface area contributed by atoms with Crippen LogP contribution in [0.4, 0.5) is 10.1 Å². The van der Waals surface area contributed by atoms with Gasteiger partial charge in [0.1, 0.15) is 11.7 Å². The third kappa shape index (κ3) is 2.26. The van der Waals surface area contributed by atoms with E-state index in [1.807, 2.05) is 22.6 Å². The lowest BCUT2D eigenvalue weighted by molar-refractivity contribution is -0.144. The van der Waals surface area contributed by atoms with Gasteiger partial charge in [-0.05, 0) is 47.2 Å². The Bertz CT molecular complexity index is 492. The lowest BCUT2D eigenvalue weighted by atomic mass is 10.1. The van der Waals surface area contributed by atoms with Crippen LogP contribution in [0.1, 0.15) is 6.42 Å². The van der Waals surface area contributed by atoms with Crippen molar-refractivity contribution >= 4 is 40.2 Å².